The Kier molecular flexibility index (Phi) is 2.69. The summed E-state index contributed by atoms with van der Waals surface area (Å²) >= 11 is 0. The maximum Gasteiger partial charge on any atom is 0.303 e. The zero-order valence-electron chi connectivity index (χ0n) is 7.37. The van der Waals surface area contributed by atoms with E-state index in [0.717, 1.165) is 0 Å². The number of carbonyl (C=O) groups is 1. The summed E-state index contributed by atoms with van der Waals surface area (Å²) in [6, 6.07) is 0. The highest BCUT2D eigenvalue weighted by molar-refractivity contribution is 5.66. The van der Waals surface area contributed by atoms with Crippen molar-refractivity contribution in [2.24, 2.45) is 0 Å². The van der Waals surface area contributed by atoms with Gasteiger partial charge in [-0.2, -0.15) is 0 Å². The molecule has 1 aliphatic heterocycles. The number of carboxylic acid groups (broad SMARTS) is 1. The van der Waals surface area contributed by atoms with Crippen LogP contribution >= 0.6 is 0 Å². The van der Waals surface area contributed by atoms with Gasteiger partial charge in [0.25, 0.3) is 0 Å². The Morgan fingerprint density at radius 1 is 1.67 bits per heavy atom. The predicted molar refractivity (Wildman–Crippen MR) is 41.8 cm³/mol. The van der Waals surface area contributed by atoms with E-state index < -0.39 is 11.8 Å². The van der Waals surface area contributed by atoms with Gasteiger partial charge in [0.05, 0.1) is 12.7 Å². The van der Waals surface area contributed by atoms with Crippen LogP contribution in [0.2, 0.25) is 0 Å². The zero-order chi connectivity index (χ0) is 9.19. The van der Waals surface area contributed by atoms with E-state index in [9.17, 15) is 4.79 Å². The predicted octanol–water partition coefficient (Wildman–Crippen LogP) is 1.00. The Hall–Kier alpha value is -0.610. The third-order valence-corrected chi connectivity index (χ3v) is 1.75. The minimum atomic E-state index is -0.789. The Bertz CT molecular complexity index is 176. The summed E-state index contributed by atoms with van der Waals surface area (Å²) in [7, 11) is 0. The van der Waals surface area contributed by atoms with Crippen LogP contribution in [0.5, 0.6) is 0 Å². The number of hydrogen-bond donors (Lipinski definition) is 1. The lowest BCUT2D eigenvalue weighted by atomic mass is 10.2. The summed E-state index contributed by atoms with van der Waals surface area (Å²) in [5.41, 5.74) is 0. The van der Waals surface area contributed by atoms with Gasteiger partial charge in [0, 0.05) is 6.42 Å². The van der Waals surface area contributed by atoms with E-state index in [0.29, 0.717) is 13.0 Å². The van der Waals surface area contributed by atoms with E-state index in [1.807, 2.05) is 13.8 Å². The highest BCUT2D eigenvalue weighted by Crippen LogP contribution is 2.24. The maximum absolute atomic E-state index is 10.2. The molecule has 0 aliphatic carbocycles. The Balaban J connectivity index is 2.24. The monoisotopic (exact) mass is 174 g/mol. The molecule has 0 amide bonds. The van der Waals surface area contributed by atoms with Crippen LogP contribution in [0.3, 0.4) is 0 Å². The molecule has 0 aromatic heterocycles. The molecule has 0 saturated carbocycles. The third-order valence-electron chi connectivity index (χ3n) is 1.75. The molecule has 1 N–H and O–H groups in total. The van der Waals surface area contributed by atoms with Crippen molar-refractivity contribution < 1.29 is 19.4 Å². The van der Waals surface area contributed by atoms with Crippen LogP contribution in [0.15, 0.2) is 0 Å². The van der Waals surface area contributed by atoms with Crippen molar-refractivity contribution in [2.75, 3.05) is 6.61 Å². The average Bonchev–Trinajstić information content (AvgIpc) is 2.26. The number of carboxylic acids is 1. The number of aliphatic carboxylic acids is 1. The Morgan fingerprint density at radius 2 is 2.33 bits per heavy atom. The largest absolute Gasteiger partial charge is 0.481 e. The van der Waals surface area contributed by atoms with Crippen molar-refractivity contribution in [2.45, 2.75) is 38.6 Å². The first kappa shape index (κ1) is 9.48. The van der Waals surface area contributed by atoms with Crippen molar-refractivity contribution in [1.29, 1.82) is 0 Å². The van der Waals surface area contributed by atoms with Gasteiger partial charge in [-0.1, -0.05) is 0 Å². The molecule has 0 radical (unpaired) electrons. The summed E-state index contributed by atoms with van der Waals surface area (Å²) in [4.78, 5) is 10.2. The van der Waals surface area contributed by atoms with Crippen LogP contribution in [0.25, 0.3) is 0 Å². The molecule has 0 bridgehead atoms. The van der Waals surface area contributed by atoms with Gasteiger partial charge in [-0.15, -0.1) is 0 Å². The van der Waals surface area contributed by atoms with Crippen LogP contribution in [0.1, 0.15) is 26.7 Å². The molecule has 0 spiro atoms. The highest BCUT2D eigenvalue weighted by atomic mass is 16.7. The molecule has 1 saturated heterocycles. The van der Waals surface area contributed by atoms with E-state index in [1.165, 1.54) is 0 Å². The number of hydrogen-bond acceptors (Lipinski definition) is 3. The van der Waals surface area contributed by atoms with E-state index >= 15 is 0 Å². The van der Waals surface area contributed by atoms with Crippen LogP contribution in [0.4, 0.5) is 0 Å². The Labute approximate surface area is 71.5 Å². The molecule has 0 aromatic carbocycles. The van der Waals surface area contributed by atoms with Crippen molar-refractivity contribution in [1.82, 2.24) is 0 Å². The number of rotatable bonds is 3. The van der Waals surface area contributed by atoms with Gasteiger partial charge >= 0.3 is 5.97 Å². The molecule has 70 valence electrons. The topological polar surface area (TPSA) is 55.8 Å². The molecular formula is C8H14O4. The SMILES string of the molecule is CC1(C)OC[C@H](CCC(=O)O)O1. The minimum absolute atomic E-state index is 0.0592. The normalized spacial score (nSPS) is 27.3. The molecule has 1 aliphatic rings. The van der Waals surface area contributed by atoms with Crippen LogP contribution < -0.4 is 0 Å². The van der Waals surface area contributed by atoms with Crippen molar-refractivity contribution >= 4 is 5.97 Å². The molecule has 4 heteroatoms. The van der Waals surface area contributed by atoms with E-state index in [2.05, 4.69) is 0 Å². The summed E-state index contributed by atoms with van der Waals surface area (Å²) in [6.07, 6.45) is 0.610. The zero-order valence-corrected chi connectivity index (χ0v) is 7.37. The lowest BCUT2D eigenvalue weighted by molar-refractivity contribution is -0.144. The van der Waals surface area contributed by atoms with Gasteiger partial charge < -0.3 is 14.6 Å². The fourth-order valence-corrected chi connectivity index (χ4v) is 1.19. The van der Waals surface area contributed by atoms with E-state index in [4.69, 9.17) is 14.6 Å². The second kappa shape index (κ2) is 3.41. The van der Waals surface area contributed by atoms with E-state index in [-0.39, 0.29) is 12.5 Å². The molecule has 1 heterocycles. The summed E-state index contributed by atoms with van der Waals surface area (Å²) < 4.78 is 10.7. The molecule has 4 nitrogen and oxygen atoms in total. The summed E-state index contributed by atoms with van der Waals surface area (Å²) in [5, 5.41) is 8.41. The standard InChI is InChI=1S/C8H14O4/c1-8(2)11-5-6(12-8)3-4-7(9)10/h6H,3-5H2,1-2H3,(H,9,10)/t6-/m0/s1. The highest BCUT2D eigenvalue weighted by Gasteiger charge is 2.32. The maximum atomic E-state index is 10.2. The smallest absolute Gasteiger partial charge is 0.303 e. The average molecular weight is 174 g/mol. The molecule has 0 unspecified atom stereocenters. The first-order chi connectivity index (χ1) is 5.49. The van der Waals surface area contributed by atoms with E-state index in [1.54, 1.807) is 0 Å². The molecular weight excluding hydrogens is 160 g/mol. The second-order valence-corrected chi connectivity index (χ2v) is 3.38. The molecule has 1 fully saturated rings. The van der Waals surface area contributed by atoms with Crippen molar-refractivity contribution in [3.63, 3.8) is 0 Å². The van der Waals surface area contributed by atoms with Crippen LogP contribution in [-0.2, 0) is 14.3 Å². The third kappa shape index (κ3) is 2.79. The fraction of sp³-hybridized carbons (Fsp3) is 0.875. The van der Waals surface area contributed by atoms with Crippen molar-refractivity contribution in [3.05, 3.63) is 0 Å². The summed E-state index contributed by atoms with van der Waals surface area (Å²) in [5.74, 6) is -1.33. The van der Waals surface area contributed by atoms with Gasteiger partial charge in [0.2, 0.25) is 0 Å². The van der Waals surface area contributed by atoms with Crippen LogP contribution in [-0.4, -0.2) is 29.6 Å². The second-order valence-electron chi connectivity index (χ2n) is 3.38. The fourth-order valence-electron chi connectivity index (χ4n) is 1.19. The molecule has 12 heavy (non-hydrogen) atoms. The van der Waals surface area contributed by atoms with Gasteiger partial charge in [0.1, 0.15) is 0 Å². The summed E-state index contributed by atoms with van der Waals surface area (Å²) in [6.45, 7) is 4.15. The van der Waals surface area contributed by atoms with Gasteiger partial charge in [-0.3, -0.25) is 4.79 Å². The van der Waals surface area contributed by atoms with Crippen LogP contribution in [0, 0.1) is 0 Å². The van der Waals surface area contributed by atoms with Gasteiger partial charge in [0.15, 0.2) is 5.79 Å². The van der Waals surface area contributed by atoms with Crippen molar-refractivity contribution in [3.8, 4) is 0 Å². The lowest BCUT2D eigenvalue weighted by Crippen LogP contribution is -2.21. The van der Waals surface area contributed by atoms with Gasteiger partial charge in [-0.05, 0) is 20.3 Å². The first-order valence-electron chi connectivity index (χ1n) is 4.03. The number of ether oxygens (including phenoxy) is 2. The van der Waals surface area contributed by atoms with Gasteiger partial charge in [-0.25, -0.2) is 0 Å². The molecule has 1 atom stereocenters. The Morgan fingerprint density at radius 3 is 2.75 bits per heavy atom. The first-order valence-corrected chi connectivity index (χ1v) is 4.03. The lowest BCUT2D eigenvalue weighted by Gasteiger charge is -2.16. The minimum Gasteiger partial charge on any atom is -0.481 e. The molecule has 1 rings (SSSR count). The molecule has 0 aromatic rings. The quantitative estimate of drug-likeness (QED) is 0.693.